The molecule has 0 unspecified atom stereocenters. The number of aromatic nitrogens is 2. The van der Waals surface area contributed by atoms with Crippen molar-refractivity contribution in [3.8, 4) is 0 Å². The lowest BCUT2D eigenvalue weighted by Crippen LogP contribution is -2.46. The van der Waals surface area contributed by atoms with Gasteiger partial charge in [-0.1, -0.05) is 11.6 Å². The van der Waals surface area contributed by atoms with Gasteiger partial charge in [-0.15, -0.1) is 0 Å². The van der Waals surface area contributed by atoms with E-state index in [-0.39, 0.29) is 5.91 Å². The fourth-order valence-corrected chi connectivity index (χ4v) is 1.90. The summed E-state index contributed by atoms with van der Waals surface area (Å²) < 4.78 is 1.70. The molecule has 1 fully saturated rings. The zero-order valence-corrected chi connectivity index (χ0v) is 9.78. The smallest absolute Gasteiger partial charge is 0.224 e. The summed E-state index contributed by atoms with van der Waals surface area (Å²) in [6.07, 6.45) is 3.79. The fraction of sp³-hybridized carbons (Fsp3) is 0.600. The van der Waals surface area contributed by atoms with Crippen LogP contribution < -0.4 is 5.32 Å². The third-order valence-electron chi connectivity index (χ3n) is 2.63. The molecule has 0 aliphatic carbocycles. The van der Waals surface area contributed by atoms with Gasteiger partial charge in [-0.25, -0.2) is 0 Å². The Balaban J connectivity index is 1.78. The maximum atomic E-state index is 11.8. The van der Waals surface area contributed by atoms with Gasteiger partial charge in [0.05, 0.1) is 11.2 Å². The van der Waals surface area contributed by atoms with Crippen LogP contribution in [0.25, 0.3) is 0 Å². The molecule has 1 saturated heterocycles. The lowest BCUT2D eigenvalue weighted by Gasteiger charge is -2.27. The molecule has 6 heteroatoms. The van der Waals surface area contributed by atoms with E-state index in [0.29, 0.717) is 18.0 Å². The largest absolute Gasteiger partial charge is 0.340 e. The lowest BCUT2D eigenvalue weighted by atomic mass is 10.3. The molecule has 0 saturated carbocycles. The molecular formula is C10H15ClN4O. The molecule has 1 aromatic rings. The Morgan fingerprint density at radius 2 is 2.25 bits per heavy atom. The summed E-state index contributed by atoms with van der Waals surface area (Å²) >= 11 is 5.74. The first-order chi connectivity index (χ1) is 7.75. The second-order valence-electron chi connectivity index (χ2n) is 3.80. The van der Waals surface area contributed by atoms with E-state index >= 15 is 0 Å². The summed E-state index contributed by atoms with van der Waals surface area (Å²) in [5, 5.41) is 7.86. The first-order valence-electron chi connectivity index (χ1n) is 5.42. The highest BCUT2D eigenvalue weighted by Crippen LogP contribution is 2.06. The Bertz CT molecular complexity index is 359. The van der Waals surface area contributed by atoms with Gasteiger partial charge in [0.25, 0.3) is 0 Å². The second kappa shape index (κ2) is 5.32. The number of rotatable bonds is 3. The summed E-state index contributed by atoms with van der Waals surface area (Å²) in [6.45, 7) is 3.98. The minimum absolute atomic E-state index is 0.188. The van der Waals surface area contributed by atoms with E-state index < -0.39 is 0 Å². The van der Waals surface area contributed by atoms with E-state index in [2.05, 4.69) is 10.4 Å². The normalized spacial score (nSPS) is 16.4. The molecule has 2 rings (SSSR count). The van der Waals surface area contributed by atoms with Crippen molar-refractivity contribution in [3.05, 3.63) is 17.4 Å². The van der Waals surface area contributed by atoms with Crippen molar-refractivity contribution in [1.82, 2.24) is 20.0 Å². The molecule has 16 heavy (non-hydrogen) atoms. The molecular weight excluding hydrogens is 228 g/mol. The molecule has 1 aliphatic heterocycles. The van der Waals surface area contributed by atoms with E-state index in [1.54, 1.807) is 17.1 Å². The van der Waals surface area contributed by atoms with Crippen molar-refractivity contribution in [3.63, 3.8) is 0 Å². The molecule has 1 amide bonds. The van der Waals surface area contributed by atoms with Crippen LogP contribution in [0.4, 0.5) is 0 Å². The van der Waals surface area contributed by atoms with E-state index in [9.17, 15) is 4.79 Å². The minimum Gasteiger partial charge on any atom is -0.340 e. The molecule has 0 bridgehead atoms. The van der Waals surface area contributed by atoms with E-state index in [4.69, 9.17) is 11.6 Å². The van der Waals surface area contributed by atoms with E-state index in [1.807, 2.05) is 4.90 Å². The van der Waals surface area contributed by atoms with Crippen LogP contribution >= 0.6 is 11.6 Å². The number of piperazine rings is 1. The molecule has 2 heterocycles. The summed E-state index contributed by atoms with van der Waals surface area (Å²) in [7, 11) is 0. The second-order valence-corrected chi connectivity index (χ2v) is 4.24. The van der Waals surface area contributed by atoms with Crippen LogP contribution in [0.5, 0.6) is 0 Å². The first kappa shape index (κ1) is 11.4. The average Bonchev–Trinajstić information content (AvgIpc) is 2.73. The van der Waals surface area contributed by atoms with E-state index in [0.717, 1.165) is 26.2 Å². The fourth-order valence-electron chi connectivity index (χ4n) is 1.74. The monoisotopic (exact) mass is 242 g/mol. The third-order valence-corrected chi connectivity index (χ3v) is 2.82. The molecule has 0 atom stereocenters. The van der Waals surface area contributed by atoms with Crippen LogP contribution in [-0.4, -0.2) is 46.8 Å². The predicted molar refractivity (Wildman–Crippen MR) is 61.3 cm³/mol. The summed E-state index contributed by atoms with van der Waals surface area (Å²) in [4.78, 5) is 13.7. The van der Waals surface area contributed by atoms with Crippen LogP contribution in [0, 0.1) is 0 Å². The number of nitrogens with one attached hydrogen (secondary N) is 1. The van der Waals surface area contributed by atoms with Crippen LogP contribution in [0.3, 0.4) is 0 Å². The van der Waals surface area contributed by atoms with Gasteiger partial charge in [-0.2, -0.15) is 5.10 Å². The van der Waals surface area contributed by atoms with Crippen molar-refractivity contribution in [1.29, 1.82) is 0 Å². The van der Waals surface area contributed by atoms with Gasteiger partial charge in [0.1, 0.15) is 0 Å². The standard InChI is InChI=1S/C10H15ClN4O/c11-9-7-13-15(8-9)4-1-10(16)14-5-2-12-3-6-14/h7-8,12H,1-6H2. The van der Waals surface area contributed by atoms with Gasteiger partial charge < -0.3 is 10.2 Å². The van der Waals surface area contributed by atoms with Crippen LogP contribution in [0.15, 0.2) is 12.4 Å². The Labute approximate surface area is 99.4 Å². The zero-order valence-electron chi connectivity index (χ0n) is 9.03. The van der Waals surface area contributed by atoms with Gasteiger partial charge in [0, 0.05) is 45.3 Å². The highest BCUT2D eigenvalue weighted by molar-refractivity contribution is 6.30. The number of aryl methyl sites for hydroxylation is 1. The topological polar surface area (TPSA) is 50.2 Å². The van der Waals surface area contributed by atoms with Crippen molar-refractivity contribution in [2.75, 3.05) is 26.2 Å². The molecule has 0 radical (unpaired) electrons. The van der Waals surface area contributed by atoms with Crippen LogP contribution in [0.1, 0.15) is 6.42 Å². The van der Waals surface area contributed by atoms with Crippen LogP contribution in [0.2, 0.25) is 5.02 Å². The molecule has 1 aliphatic rings. The van der Waals surface area contributed by atoms with Crippen LogP contribution in [-0.2, 0) is 11.3 Å². The van der Waals surface area contributed by atoms with Gasteiger partial charge in [0.2, 0.25) is 5.91 Å². The molecule has 5 nitrogen and oxygen atoms in total. The van der Waals surface area contributed by atoms with Gasteiger partial charge in [-0.3, -0.25) is 9.48 Å². The summed E-state index contributed by atoms with van der Waals surface area (Å²) in [5.41, 5.74) is 0. The minimum atomic E-state index is 0.188. The van der Waals surface area contributed by atoms with Gasteiger partial charge >= 0.3 is 0 Å². The van der Waals surface area contributed by atoms with Gasteiger partial charge in [-0.05, 0) is 0 Å². The Morgan fingerprint density at radius 1 is 1.50 bits per heavy atom. The number of amides is 1. The number of nitrogens with zero attached hydrogens (tertiary/aromatic N) is 3. The number of hydrogen-bond donors (Lipinski definition) is 1. The summed E-state index contributed by atoms with van der Waals surface area (Å²) in [6, 6.07) is 0. The lowest BCUT2D eigenvalue weighted by molar-refractivity contribution is -0.132. The predicted octanol–water partition coefficient (Wildman–Crippen LogP) is 0.358. The number of carbonyl (C=O) groups excluding carboxylic acids is 1. The van der Waals surface area contributed by atoms with Crippen molar-refractivity contribution < 1.29 is 4.79 Å². The first-order valence-corrected chi connectivity index (χ1v) is 5.80. The Morgan fingerprint density at radius 3 is 2.88 bits per heavy atom. The Kier molecular flexibility index (Phi) is 3.79. The quantitative estimate of drug-likeness (QED) is 0.833. The van der Waals surface area contributed by atoms with Crippen molar-refractivity contribution in [2.24, 2.45) is 0 Å². The number of carbonyl (C=O) groups is 1. The van der Waals surface area contributed by atoms with Gasteiger partial charge in [0.15, 0.2) is 0 Å². The molecule has 0 aromatic carbocycles. The third kappa shape index (κ3) is 2.96. The SMILES string of the molecule is O=C(CCn1cc(Cl)cn1)N1CCNCC1. The molecule has 1 N–H and O–H groups in total. The maximum absolute atomic E-state index is 11.8. The highest BCUT2D eigenvalue weighted by atomic mass is 35.5. The molecule has 1 aromatic heterocycles. The number of halogens is 1. The molecule has 0 spiro atoms. The zero-order chi connectivity index (χ0) is 11.4. The summed E-state index contributed by atoms with van der Waals surface area (Å²) in [5.74, 6) is 0.188. The number of hydrogen-bond acceptors (Lipinski definition) is 3. The average molecular weight is 243 g/mol. The maximum Gasteiger partial charge on any atom is 0.224 e. The van der Waals surface area contributed by atoms with Crippen molar-refractivity contribution >= 4 is 17.5 Å². The highest BCUT2D eigenvalue weighted by Gasteiger charge is 2.15. The van der Waals surface area contributed by atoms with Crippen molar-refractivity contribution in [2.45, 2.75) is 13.0 Å². The Hall–Kier alpha value is -1.07. The molecule has 88 valence electrons. The van der Waals surface area contributed by atoms with E-state index in [1.165, 1.54) is 0 Å².